The van der Waals surface area contributed by atoms with Crippen LogP contribution in [0, 0.1) is 5.82 Å². The van der Waals surface area contributed by atoms with E-state index in [1.54, 1.807) is 7.05 Å². The van der Waals surface area contributed by atoms with Gasteiger partial charge in [-0.05, 0) is 35.4 Å². The molecule has 30 heavy (non-hydrogen) atoms. The van der Waals surface area contributed by atoms with E-state index in [9.17, 15) is 12.8 Å². The van der Waals surface area contributed by atoms with Crippen molar-refractivity contribution in [2.75, 3.05) is 19.8 Å². The van der Waals surface area contributed by atoms with Gasteiger partial charge in [0.15, 0.2) is 15.8 Å². The summed E-state index contributed by atoms with van der Waals surface area (Å²) in [6, 6.07) is 14.0. The first-order valence-electron chi connectivity index (χ1n) is 9.21. The number of furan rings is 1. The van der Waals surface area contributed by atoms with Gasteiger partial charge in [0, 0.05) is 38.2 Å². The number of fused-ring (bicyclic) bond motifs is 1. The van der Waals surface area contributed by atoms with Crippen LogP contribution in [-0.4, -0.2) is 34.2 Å². The zero-order valence-corrected chi connectivity index (χ0v) is 20.0. The molecule has 0 radical (unpaired) electrons. The van der Waals surface area contributed by atoms with Gasteiger partial charge in [-0.2, -0.15) is 0 Å². The van der Waals surface area contributed by atoms with E-state index in [2.05, 4.69) is 15.6 Å². The van der Waals surface area contributed by atoms with E-state index in [-0.39, 0.29) is 36.3 Å². The summed E-state index contributed by atoms with van der Waals surface area (Å²) >= 11 is 0. The lowest BCUT2D eigenvalue weighted by Gasteiger charge is -2.14. The molecule has 0 aliphatic carbocycles. The Balaban J connectivity index is 0.00000320. The summed E-state index contributed by atoms with van der Waals surface area (Å²) in [5, 5.41) is 7.34. The topological polar surface area (TPSA) is 83.7 Å². The molecule has 0 saturated carbocycles. The van der Waals surface area contributed by atoms with E-state index in [1.807, 2.05) is 30.3 Å². The Bertz CT molecular complexity index is 1100. The number of aliphatic imine (C=N–C) groups is 1. The SMILES string of the molecule is CN=C(NCCc1cc2ccccc2o1)NCc1cc(F)ccc1CS(C)(=O)=O.I. The van der Waals surface area contributed by atoms with Crippen LogP contribution in [0.3, 0.4) is 0 Å². The van der Waals surface area contributed by atoms with E-state index in [1.165, 1.54) is 18.2 Å². The molecule has 0 aliphatic heterocycles. The van der Waals surface area contributed by atoms with Crippen LogP contribution < -0.4 is 10.6 Å². The minimum absolute atomic E-state index is 0. The standard InChI is InChI=1S/C21H24FN3O3S.HI/c1-23-21(24-10-9-19-12-15-5-3-4-6-20(15)28-19)25-13-17-11-18(22)8-7-16(17)14-29(2,26)27;/h3-8,11-12H,9-10,13-14H2,1-2H3,(H2,23,24,25);1H. The van der Waals surface area contributed by atoms with Crippen molar-refractivity contribution < 1.29 is 17.2 Å². The smallest absolute Gasteiger partial charge is 0.191 e. The van der Waals surface area contributed by atoms with Crippen LogP contribution in [0.5, 0.6) is 0 Å². The fraction of sp³-hybridized carbons (Fsp3) is 0.286. The number of sulfone groups is 1. The second-order valence-corrected chi connectivity index (χ2v) is 8.98. The third kappa shape index (κ3) is 6.98. The first-order valence-corrected chi connectivity index (χ1v) is 11.3. The molecule has 9 heteroatoms. The summed E-state index contributed by atoms with van der Waals surface area (Å²) in [6.45, 7) is 0.853. The Kier molecular flexibility index (Phi) is 8.65. The molecule has 0 fully saturated rings. The minimum atomic E-state index is -3.22. The van der Waals surface area contributed by atoms with Crippen molar-refractivity contribution in [2.24, 2.45) is 4.99 Å². The summed E-state index contributed by atoms with van der Waals surface area (Å²) < 4.78 is 42.6. The molecule has 6 nitrogen and oxygen atoms in total. The van der Waals surface area contributed by atoms with Gasteiger partial charge in [-0.1, -0.05) is 24.3 Å². The van der Waals surface area contributed by atoms with Crippen LogP contribution >= 0.6 is 24.0 Å². The van der Waals surface area contributed by atoms with Gasteiger partial charge in [0.1, 0.15) is 17.2 Å². The highest BCUT2D eigenvalue weighted by Crippen LogP contribution is 2.19. The number of nitrogens with one attached hydrogen (secondary N) is 2. The maximum absolute atomic E-state index is 13.6. The predicted octanol–water partition coefficient (Wildman–Crippen LogP) is 3.64. The summed E-state index contributed by atoms with van der Waals surface area (Å²) in [5.41, 5.74) is 2.00. The van der Waals surface area contributed by atoms with Gasteiger partial charge in [0.05, 0.1) is 5.75 Å². The normalized spacial score (nSPS) is 11.9. The van der Waals surface area contributed by atoms with Crippen molar-refractivity contribution >= 4 is 50.7 Å². The number of rotatable bonds is 7. The second kappa shape index (κ2) is 10.8. The molecular weight excluding hydrogens is 520 g/mol. The van der Waals surface area contributed by atoms with Crippen LogP contribution in [0.15, 0.2) is 57.9 Å². The predicted molar refractivity (Wildman–Crippen MR) is 128 cm³/mol. The molecule has 3 aromatic rings. The van der Waals surface area contributed by atoms with Gasteiger partial charge < -0.3 is 15.1 Å². The molecule has 0 atom stereocenters. The molecule has 0 saturated heterocycles. The average molecular weight is 545 g/mol. The van der Waals surface area contributed by atoms with Crippen LogP contribution in [0.2, 0.25) is 0 Å². The molecule has 2 aromatic carbocycles. The molecule has 1 aromatic heterocycles. The maximum atomic E-state index is 13.6. The molecule has 0 unspecified atom stereocenters. The lowest BCUT2D eigenvalue weighted by atomic mass is 10.1. The number of hydrogen-bond acceptors (Lipinski definition) is 4. The van der Waals surface area contributed by atoms with Crippen molar-refractivity contribution in [2.45, 2.75) is 18.7 Å². The number of para-hydroxylation sites is 1. The fourth-order valence-electron chi connectivity index (χ4n) is 3.05. The third-order valence-corrected chi connectivity index (χ3v) is 5.23. The Morgan fingerprint density at radius 3 is 2.57 bits per heavy atom. The molecule has 0 spiro atoms. The van der Waals surface area contributed by atoms with Crippen LogP contribution in [0.4, 0.5) is 4.39 Å². The van der Waals surface area contributed by atoms with Crippen molar-refractivity contribution in [3.05, 3.63) is 71.2 Å². The number of benzene rings is 2. The van der Waals surface area contributed by atoms with E-state index in [4.69, 9.17) is 4.42 Å². The first kappa shape index (κ1) is 24.1. The second-order valence-electron chi connectivity index (χ2n) is 6.84. The number of nitrogens with zero attached hydrogens (tertiary/aromatic N) is 1. The van der Waals surface area contributed by atoms with Crippen LogP contribution in [0.25, 0.3) is 11.0 Å². The molecule has 162 valence electrons. The molecule has 2 N–H and O–H groups in total. The average Bonchev–Trinajstić information content (AvgIpc) is 3.08. The highest BCUT2D eigenvalue weighted by atomic mass is 127. The van der Waals surface area contributed by atoms with E-state index < -0.39 is 15.7 Å². The molecule has 3 rings (SSSR count). The lowest BCUT2D eigenvalue weighted by Crippen LogP contribution is -2.38. The number of halogens is 2. The summed E-state index contributed by atoms with van der Waals surface area (Å²) in [4.78, 5) is 4.16. The highest BCUT2D eigenvalue weighted by molar-refractivity contribution is 14.0. The lowest BCUT2D eigenvalue weighted by molar-refractivity contribution is 0.544. The largest absolute Gasteiger partial charge is 0.461 e. The van der Waals surface area contributed by atoms with Crippen LogP contribution in [-0.2, 0) is 28.6 Å². The van der Waals surface area contributed by atoms with E-state index >= 15 is 0 Å². The maximum Gasteiger partial charge on any atom is 0.191 e. The van der Waals surface area contributed by atoms with Crippen molar-refractivity contribution in [3.63, 3.8) is 0 Å². The van der Waals surface area contributed by atoms with Gasteiger partial charge in [-0.25, -0.2) is 12.8 Å². The van der Waals surface area contributed by atoms with E-state index in [0.29, 0.717) is 30.1 Å². The van der Waals surface area contributed by atoms with Gasteiger partial charge in [-0.15, -0.1) is 24.0 Å². The first-order chi connectivity index (χ1) is 13.8. The Morgan fingerprint density at radius 2 is 1.87 bits per heavy atom. The van der Waals surface area contributed by atoms with Gasteiger partial charge in [0.2, 0.25) is 0 Å². The Morgan fingerprint density at radius 1 is 1.10 bits per heavy atom. The van der Waals surface area contributed by atoms with Crippen LogP contribution in [0.1, 0.15) is 16.9 Å². The summed E-state index contributed by atoms with van der Waals surface area (Å²) in [7, 11) is -1.58. The van der Waals surface area contributed by atoms with Crippen molar-refractivity contribution in [1.82, 2.24) is 10.6 Å². The Hall–Kier alpha value is -2.14. The molecule has 0 amide bonds. The summed E-state index contributed by atoms with van der Waals surface area (Å²) in [6.07, 6.45) is 1.83. The molecular formula is C21H25FIN3O3S. The number of guanidine groups is 1. The fourth-order valence-corrected chi connectivity index (χ4v) is 3.89. The van der Waals surface area contributed by atoms with Crippen molar-refractivity contribution in [1.29, 1.82) is 0 Å². The molecule has 1 heterocycles. The van der Waals surface area contributed by atoms with E-state index in [0.717, 1.165) is 23.0 Å². The van der Waals surface area contributed by atoms with Gasteiger partial charge in [0.25, 0.3) is 0 Å². The molecule has 0 bridgehead atoms. The monoisotopic (exact) mass is 545 g/mol. The van der Waals surface area contributed by atoms with Crippen molar-refractivity contribution in [3.8, 4) is 0 Å². The zero-order valence-electron chi connectivity index (χ0n) is 16.8. The Labute approximate surface area is 192 Å². The molecule has 0 aliphatic rings. The highest BCUT2D eigenvalue weighted by Gasteiger charge is 2.11. The quantitative estimate of drug-likeness (QED) is 0.269. The summed E-state index contributed by atoms with van der Waals surface area (Å²) in [5.74, 6) is 0.861. The van der Waals surface area contributed by atoms with Gasteiger partial charge >= 0.3 is 0 Å². The minimum Gasteiger partial charge on any atom is -0.461 e. The van der Waals surface area contributed by atoms with Gasteiger partial charge in [-0.3, -0.25) is 4.99 Å². The third-order valence-electron chi connectivity index (χ3n) is 4.40. The zero-order chi connectivity index (χ0) is 20.9. The number of hydrogen-bond donors (Lipinski definition) is 2.